The molecule has 142 valence electrons. The maximum atomic E-state index is 12.9. The van der Waals surface area contributed by atoms with E-state index in [0.29, 0.717) is 19.6 Å². The Bertz CT molecular complexity index is 765. The van der Waals surface area contributed by atoms with Gasteiger partial charge in [0.2, 0.25) is 0 Å². The minimum atomic E-state index is -0.586. The first-order valence-electron chi connectivity index (χ1n) is 8.21. The first kappa shape index (κ1) is 19.1. The number of halogens is 2. The highest BCUT2D eigenvalue weighted by atomic mass is 79.9. The normalized spacial score (nSPS) is 20.0. The van der Waals surface area contributed by atoms with Gasteiger partial charge in [-0.05, 0) is 42.8 Å². The molecule has 0 unspecified atom stereocenters. The van der Waals surface area contributed by atoms with Crippen molar-refractivity contribution in [3.05, 3.63) is 21.1 Å². The maximum absolute atomic E-state index is 12.9. The van der Waals surface area contributed by atoms with E-state index in [1.54, 1.807) is 9.80 Å². The van der Waals surface area contributed by atoms with E-state index in [0.717, 1.165) is 0 Å². The second-order valence-corrected chi connectivity index (χ2v) is 8.46. The highest BCUT2D eigenvalue weighted by molar-refractivity contribution is 9.10. The number of amides is 2. The molecule has 1 N–H and O–H groups in total. The Morgan fingerprint density at radius 2 is 2.12 bits per heavy atom. The molecule has 3 rings (SSSR count). The number of phenols is 1. The number of ether oxygens (including phenoxy) is 2. The van der Waals surface area contributed by atoms with Crippen LogP contribution in [0.2, 0.25) is 5.02 Å². The molecule has 2 heterocycles. The maximum Gasteiger partial charge on any atom is 0.410 e. The molecule has 1 fully saturated rings. The van der Waals surface area contributed by atoms with E-state index in [1.807, 2.05) is 20.8 Å². The average molecular weight is 448 g/mol. The molecule has 0 bridgehead atoms. The van der Waals surface area contributed by atoms with E-state index in [2.05, 4.69) is 15.9 Å². The van der Waals surface area contributed by atoms with Crippen LogP contribution < -0.4 is 4.74 Å². The molecule has 0 aromatic heterocycles. The largest absolute Gasteiger partial charge is 0.507 e. The number of nitrogens with zero attached hydrogens (tertiary/aromatic N) is 2. The Kier molecular flexibility index (Phi) is 5.00. The Morgan fingerprint density at radius 3 is 2.77 bits per heavy atom. The third kappa shape index (κ3) is 3.57. The van der Waals surface area contributed by atoms with Crippen LogP contribution in [0, 0.1) is 0 Å². The molecule has 2 aliphatic rings. The fraction of sp³-hybridized carbons (Fsp3) is 0.529. The van der Waals surface area contributed by atoms with Gasteiger partial charge < -0.3 is 24.4 Å². The van der Waals surface area contributed by atoms with Crippen molar-refractivity contribution < 1.29 is 24.2 Å². The zero-order valence-electron chi connectivity index (χ0n) is 14.7. The number of benzene rings is 1. The van der Waals surface area contributed by atoms with Gasteiger partial charge in [-0.15, -0.1) is 0 Å². The summed E-state index contributed by atoms with van der Waals surface area (Å²) in [7, 11) is 0. The van der Waals surface area contributed by atoms with Gasteiger partial charge in [0.1, 0.15) is 23.0 Å². The minimum absolute atomic E-state index is 0.128. The predicted molar refractivity (Wildman–Crippen MR) is 98.9 cm³/mol. The standard InChI is InChI=1S/C17H20BrClN2O5/c1-17(2,3)26-16(24)20-4-5-21-9(7-20)8-25-14-10(15(21)23)6-11(22)12(18)13(14)19/h6,9,22H,4-5,7-8H2,1-3H3/t9-/m1/s1. The first-order chi connectivity index (χ1) is 12.1. The Hall–Kier alpha value is -1.67. The van der Waals surface area contributed by atoms with Gasteiger partial charge in [0.05, 0.1) is 16.1 Å². The van der Waals surface area contributed by atoms with Crippen molar-refractivity contribution in [2.75, 3.05) is 26.2 Å². The molecular formula is C17H20BrClN2O5. The van der Waals surface area contributed by atoms with Crippen molar-refractivity contribution >= 4 is 39.5 Å². The summed E-state index contributed by atoms with van der Waals surface area (Å²) >= 11 is 9.40. The first-order valence-corrected chi connectivity index (χ1v) is 9.38. The third-order valence-electron chi connectivity index (χ3n) is 4.19. The van der Waals surface area contributed by atoms with Crippen molar-refractivity contribution in [3.8, 4) is 11.5 Å². The van der Waals surface area contributed by atoms with Gasteiger partial charge in [0.25, 0.3) is 5.91 Å². The van der Waals surface area contributed by atoms with Crippen molar-refractivity contribution in [2.24, 2.45) is 0 Å². The summed E-state index contributed by atoms with van der Waals surface area (Å²) in [5.74, 6) is -0.174. The van der Waals surface area contributed by atoms with Crippen LogP contribution >= 0.6 is 27.5 Å². The second kappa shape index (κ2) is 6.81. The number of rotatable bonds is 0. The minimum Gasteiger partial charge on any atom is -0.507 e. The van der Waals surface area contributed by atoms with Crippen LogP contribution in [0.25, 0.3) is 0 Å². The molecule has 1 aromatic rings. The van der Waals surface area contributed by atoms with Crippen LogP contribution in [-0.4, -0.2) is 64.8 Å². The summed E-state index contributed by atoms with van der Waals surface area (Å²) in [5, 5.41) is 10.1. The smallest absolute Gasteiger partial charge is 0.410 e. The molecule has 1 atom stereocenters. The van der Waals surface area contributed by atoms with E-state index >= 15 is 0 Å². The average Bonchev–Trinajstić information content (AvgIpc) is 2.69. The lowest BCUT2D eigenvalue weighted by atomic mass is 10.1. The van der Waals surface area contributed by atoms with Crippen LogP contribution in [0.5, 0.6) is 11.5 Å². The lowest BCUT2D eigenvalue weighted by Crippen LogP contribution is -2.58. The summed E-state index contributed by atoms with van der Waals surface area (Å²) < 4.78 is 11.5. The van der Waals surface area contributed by atoms with Gasteiger partial charge in [-0.3, -0.25) is 4.79 Å². The topological polar surface area (TPSA) is 79.3 Å². The zero-order chi connectivity index (χ0) is 19.2. The molecule has 0 radical (unpaired) electrons. The van der Waals surface area contributed by atoms with E-state index in [9.17, 15) is 14.7 Å². The van der Waals surface area contributed by atoms with Crippen molar-refractivity contribution in [3.63, 3.8) is 0 Å². The second-order valence-electron chi connectivity index (χ2n) is 7.29. The molecular weight excluding hydrogens is 428 g/mol. The van der Waals surface area contributed by atoms with Crippen LogP contribution in [0.3, 0.4) is 0 Å². The van der Waals surface area contributed by atoms with Crippen molar-refractivity contribution in [1.82, 2.24) is 9.80 Å². The number of carbonyl (C=O) groups is 2. The van der Waals surface area contributed by atoms with Crippen molar-refractivity contribution in [2.45, 2.75) is 32.4 Å². The highest BCUT2D eigenvalue weighted by Gasteiger charge is 2.39. The van der Waals surface area contributed by atoms with E-state index in [1.165, 1.54) is 6.07 Å². The highest BCUT2D eigenvalue weighted by Crippen LogP contribution is 2.43. The summed E-state index contributed by atoms with van der Waals surface area (Å²) in [4.78, 5) is 28.5. The summed E-state index contributed by atoms with van der Waals surface area (Å²) in [5.41, 5.74) is -0.374. The van der Waals surface area contributed by atoms with Gasteiger partial charge >= 0.3 is 6.09 Å². The lowest BCUT2D eigenvalue weighted by molar-refractivity contribution is 0.000952. The number of fused-ring (bicyclic) bond motifs is 2. The van der Waals surface area contributed by atoms with Gasteiger partial charge in [-0.1, -0.05) is 11.6 Å². The van der Waals surface area contributed by atoms with Gasteiger partial charge in [0.15, 0.2) is 5.75 Å². The molecule has 7 nitrogen and oxygen atoms in total. The Balaban J connectivity index is 1.83. The fourth-order valence-electron chi connectivity index (χ4n) is 2.99. The Labute approximate surface area is 164 Å². The molecule has 2 aliphatic heterocycles. The molecule has 2 amide bonds. The number of carbonyl (C=O) groups excluding carboxylic acids is 2. The molecule has 26 heavy (non-hydrogen) atoms. The molecule has 9 heteroatoms. The quantitative estimate of drug-likeness (QED) is 0.660. The van der Waals surface area contributed by atoms with Crippen LogP contribution in [-0.2, 0) is 4.74 Å². The molecule has 0 aliphatic carbocycles. The molecule has 1 aromatic carbocycles. The Morgan fingerprint density at radius 1 is 1.42 bits per heavy atom. The fourth-order valence-corrected chi connectivity index (χ4v) is 3.54. The van der Waals surface area contributed by atoms with Crippen LogP contribution in [0.4, 0.5) is 4.79 Å². The number of aromatic hydroxyl groups is 1. The SMILES string of the molecule is CC(C)(C)OC(=O)N1CCN2C(=O)c3cc(O)c(Br)c(Cl)c3OC[C@H]2C1. The summed E-state index contributed by atoms with van der Waals surface area (Å²) in [6.07, 6.45) is -0.412. The molecule has 1 saturated heterocycles. The van der Waals surface area contributed by atoms with E-state index in [4.69, 9.17) is 21.1 Å². The number of phenolic OH excluding ortho intramolecular Hbond substituents is 1. The van der Waals surface area contributed by atoms with Gasteiger partial charge in [0, 0.05) is 19.6 Å². The third-order valence-corrected chi connectivity index (χ3v) is 5.58. The van der Waals surface area contributed by atoms with Crippen LogP contribution in [0.1, 0.15) is 31.1 Å². The molecule has 0 spiro atoms. The molecule has 0 saturated carbocycles. The summed E-state index contributed by atoms with van der Waals surface area (Å²) in [6, 6.07) is 1.02. The lowest BCUT2D eigenvalue weighted by Gasteiger charge is -2.40. The summed E-state index contributed by atoms with van der Waals surface area (Å²) in [6.45, 7) is 6.63. The van der Waals surface area contributed by atoms with E-state index < -0.39 is 11.7 Å². The van der Waals surface area contributed by atoms with Crippen molar-refractivity contribution in [1.29, 1.82) is 0 Å². The number of hydrogen-bond donors (Lipinski definition) is 1. The van der Waals surface area contributed by atoms with E-state index in [-0.39, 0.29) is 45.1 Å². The monoisotopic (exact) mass is 446 g/mol. The number of hydrogen-bond acceptors (Lipinski definition) is 5. The number of piperazine rings is 1. The van der Waals surface area contributed by atoms with Gasteiger partial charge in [-0.2, -0.15) is 0 Å². The zero-order valence-corrected chi connectivity index (χ0v) is 17.1. The van der Waals surface area contributed by atoms with Crippen LogP contribution in [0.15, 0.2) is 10.5 Å². The van der Waals surface area contributed by atoms with Gasteiger partial charge in [-0.25, -0.2) is 4.79 Å². The predicted octanol–water partition coefficient (Wildman–Crippen LogP) is 3.26.